The normalized spacial score (nSPS) is 22.1. The number of imide groups is 1. The molecule has 3 rings (SSSR count). The summed E-state index contributed by atoms with van der Waals surface area (Å²) in [6.45, 7) is 4.95. The van der Waals surface area contributed by atoms with Crippen LogP contribution in [0.15, 0.2) is 18.3 Å². The van der Waals surface area contributed by atoms with Gasteiger partial charge in [0.15, 0.2) is 0 Å². The molecule has 0 saturated carbocycles. The molecule has 27 heavy (non-hydrogen) atoms. The molecule has 146 valence electrons. The molecule has 2 fully saturated rings. The van der Waals surface area contributed by atoms with E-state index in [0.717, 1.165) is 10.5 Å². The molecule has 2 N–H and O–H groups in total. The van der Waals surface area contributed by atoms with Crippen molar-refractivity contribution in [3.8, 4) is 0 Å². The second-order valence-electron chi connectivity index (χ2n) is 7.33. The standard InChI is InChI=1S/C19H26N4O4/c1-3-8-23-17(25)14(21-18(23)26)11-16(24)22-9-6-19(27,7-10-22)15-5-4-13(2)12-20-15/h4-5,12,14,27H,3,6-11H2,1-2H3,(H,21,26). The van der Waals surface area contributed by atoms with Crippen LogP contribution < -0.4 is 5.32 Å². The van der Waals surface area contributed by atoms with Crippen molar-refractivity contribution in [3.63, 3.8) is 0 Å². The molecule has 4 amide bonds. The lowest BCUT2D eigenvalue weighted by Crippen LogP contribution is -2.47. The molecule has 2 aliphatic heterocycles. The summed E-state index contributed by atoms with van der Waals surface area (Å²) < 4.78 is 0. The lowest BCUT2D eigenvalue weighted by atomic mass is 9.87. The Morgan fingerprint density at radius 1 is 1.33 bits per heavy atom. The minimum atomic E-state index is -1.04. The van der Waals surface area contributed by atoms with Crippen LogP contribution in [-0.4, -0.2) is 63.4 Å². The summed E-state index contributed by atoms with van der Waals surface area (Å²) in [5, 5.41) is 13.5. The molecule has 0 aliphatic carbocycles. The van der Waals surface area contributed by atoms with Crippen LogP contribution in [0, 0.1) is 6.92 Å². The van der Waals surface area contributed by atoms with E-state index in [4.69, 9.17) is 0 Å². The Morgan fingerprint density at radius 3 is 2.63 bits per heavy atom. The van der Waals surface area contributed by atoms with E-state index >= 15 is 0 Å². The quantitative estimate of drug-likeness (QED) is 0.746. The summed E-state index contributed by atoms with van der Waals surface area (Å²) in [6, 6.07) is 2.50. The van der Waals surface area contributed by atoms with E-state index in [-0.39, 0.29) is 18.2 Å². The van der Waals surface area contributed by atoms with E-state index in [2.05, 4.69) is 10.3 Å². The Morgan fingerprint density at radius 2 is 2.04 bits per heavy atom. The number of pyridine rings is 1. The van der Waals surface area contributed by atoms with Gasteiger partial charge < -0.3 is 15.3 Å². The average molecular weight is 374 g/mol. The first-order chi connectivity index (χ1) is 12.8. The van der Waals surface area contributed by atoms with Crippen molar-refractivity contribution in [2.45, 2.75) is 51.2 Å². The molecule has 0 spiro atoms. The fraction of sp³-hybridized carbons (Fsp3) is 0.579. The Bertz CT molecular complexity index is 726. The number of amides is 4. The average Bonchev–Trinajstić information content (AvgIpc) is 2.90. The molecular weight excluding hydrogens is 348 g/mol. The first kappa shape index (κ1) is 19.3. The van der Waals surface area contributed by atoms with Gasteiger partial charge in [0.05, 0.1) is 12.1 Å². The topological polar surface area (TPSA) is 103 Å². The molecule has 8 nitrogen and oxygen atoms in total. The molecule has 2 aliphatic rings. The highest BCUT2D eigenvalue weighted by Crippen LogP contribution is 2.32. The first-order valence-corrected chi connectivity index (χ1v) is 9.39. The Balaban J connectivity index is 1.57. The minimum Gasteiger partial charge on any atom is -0.383 e. The van der Waals surface area contributed by atoms with Gasteiger partial charge in [0.2, 0.25) is 5.91 Å². The smallest absolute Gasteiger partial charge is 0.324 e. The number of likely N-dealkylation sites (tertiary alicyclic amines) is 1. The number of aromatic nitrogens is 1. The number of rotatable bonds is 5. The highest BCUT2D eigenvalue weighted by atomic mass is 16.3. The van der Waals surface area contributed by atoms with E-state index in [0.29, 0.717) is 44.6 Å². The molecular formula is C19H26N4O4. The maximum Gasteiger partial charge on any atom is 0.324 e. The van der Waals surface area contributed by atoms with Gasteiger partial charge in [-0.25, -0.2) is 4.79 Å². The molecule has 1 unspecified atom stereocenters. The number of aryl methyl sites for hydroxylation is 1. The van der Waals surface area contributed by atoms with Crippen LogP contribution in [0.3, 0.4) is 0 Å². The fourth-order valence-corrected chi connectivity index (χ4v) is 3.58. The summed E-state index contributed by atoms with van der Waals surface area (Å²) in [4.78, 5) is 43.8. The largest absolute Gasteiger partial charge is 0.383 e. The number of carbonyl (C=O) groups excluding carboxylic acids is 3. The van der Waals surface area contributed by atoms with E-state index in [1.54, 1.807) is 11.1 Å². The summed E-state index contributed by atoms with van der Waals surface area (Å²) in [6.07, 6.45) is 3.13. The van der Waals surface area contributed by atoms with Gasteiger partial charge in [-0.15, -0.1) is 0 Å². The Hall–Kier alpha value is -2.48. The molecule has 3 heterocycles. The molecule has 1 aromatic rings. The second kappa shape index (κ2) is 7.64. The molecule has 1 aromatic heterocycles. The number of carbonyl (C=O) groups is 3. The molecule has 0 bridgehead atoms. The Kier molecular flexibility index (Phi) is 5.46. The third kappa shape index (κ3) is 3.95. The van der Waals surface area contributed by atoms with Crippen LogP contribution >= 0.6 is 0 Å². The van der Waals surface area contributed by atoms with Crippen molar-refractivity contribution in [2.75, 3.05) is 19.6 Å². The van der Waals surface area contributed by atoms with Gasteiger partial charge in [-0.3, -0.25) is 19.5 Å². The third-order valence-electron chi connectivity index (χ3n) is 5.26. The van der Waals surface area contributed by atoms with Crippen molar-refractivity contribution in [1.82, 2.24) is 20.1 Å². The predicted octanol–water partition coefficient (Wildman–Crippen LogP) is 0.921. The highest BCUT2D eigenvalue weighted by Gasteiger charge is 2.41. The van der Waals surface area contributed by atoms with E-state index in [1.165, 1.54) is 0 Å². The summed E-state index contributed by atoms with van der Waals surface area (Å²) >= 11 is 0. The number of aliphatic hydroxyl groups is 1. The number of nitrogens with one attached hydrogen (secondary N) is 1. The molecule has 0 radical (unpaired) electrons. The number of piperidine rings is 1. The van der Waals surface area contributed by atoms with Crippen LogP contribution in [0.4, 0.5) is 4.79 Å². The number of hydrogen-bond donors (Lipinski definition) is 2. The first-order valence-electron chi connectivity index (χ1n) is 9.39. The van der Waals surface area contributed by atoms with Crippen LogP contribution in [-0.2, 0) is 15.2 Å². The maximum absolute atomic E-state index is 12.6. The summed E-state index contributed by atoms with van der Waals surface area (Å²) in [7, 11) is 0. The van der Waals surface area contributed by atoms with Crippen molar-refractivity contribution in [1.29, 1.82) is 0 Å². The van der Waals surface area contributed by atoms with Gasteiger partial charge in [-0.1, -0.05) is 13.0 Å². The zero-order valence-corrected chi connectivity index (χ0v) is 15.8. The SMILES string of the molecule is CCCN1C(=O)NC(CC(=O)N2CCC(O)(c3ccc(C)cn3)CC2)C1=O. The number of urea groups is 1. The van der Waals surface area contributed by atoms with Gasteiger partial charge >= 0.3 is 6.03 Å². The second-order valence-corrected chi connectivity index (χ2v) is 7.33. The number of nitrogens with zero attached hydrogens (tertiary/aromatic N) is 3. The van der Waals surface area contributed by atoms with Gasteiger partial charge in [0.1, 0.15) is 11.6 Å². The van der Waals surface area contributed by atoms with Crippen molar-refractivity contribution in [2.24, 2.45) is 0 Å². The minimum absolute atomic E-state index is 0.0496. The van der Waals surface area contributed by atoms with Gasteiger partial charge in [-0.05, 0) is 37.8 Å². The maximum atomic E-state index is 12.6. The molecule has 0 aromatic carbocycles. The molecule has 1 atom stereocenters. The van der Waals surface area contributed by atoms with Crippen molar-refractivity contribution in [3.05, 3.63) is 29.6 Å². The van der Waals surface area contributed by atoms with E-state index < -0.39 is 17.7 Å². The van der Waals surface area contributed by atoms with Crippen LogP contribution in [0.2, 0.25) is 0 Å². The van der Waals surface area contributed by atoms with Crippen LogP contribution in [0.1, 0.15) is 43.9 Å². The van der Waals surface area contributed by atoms with Crippen molar-refractivity contribution < 1.29 is 19.5 Å². The van der Waals surface area contributed by atoms with Crippen LogP contribution in [0.5, 0.6) is 0 Å². The zero-order valence-electron chi connectivity index (χ0n) is 15.8. The summed E-state index contributed by atoms with van der Waals surface area (Å²) in [5.74, 6) is -0.529. The van der Waals surface area contributed by atoms with Gasteiger partial charge in [-0.2, -0.15) is 0 Å². The lowest BCUT2D eigenvalue weighted by molar-refractivity contribution is -0.139. The monoisotopic (exact) mass is 374 g/mol. The van der Waals surface area contributed by atoms with E-state index in [1.807, 2.05) is 26.0 Å². The predicted molar refractivity (Wildman–Crippen MR) is 97.6 cm³/mol. The van der Waals surface area contributed by atoms with Gasteiger partial charge in [0.25, 0.3) is 5.91 Å². The van der Waals surface area contributed by atoms with Gasteiger partial charge in [0, 0.05) is 25.8 Å². The number of hydrogen-bond acceptors (Lipinski definition) is 5. The highest BCUT2D eigenvalue weighted by molar-refractivity contribution is 6.05. The molecule has 8 heteroatoms. The van der Waals surface area contributed by atoms with Crippen LogP contribution in [0.25, 0.3) is 0 Å². The zero-order chi connectivity index (χ0) is 19.6. The van der Waals surface area contributed by atoms with Crippen molar-refractivity contribution >= 4 is 17.8 Å². The Labute approximate surface area is 158 Å². The lowest BCUT2D eigenvalue weighted by Gasteiger charge is -2.38. The fourth-order valence-electron chi connectivity index (χ4n) is 3.58. The summed E-state index contributed by atoms with van der Waals surface area (Å²) in [5.41, 5.74) is 0.601. The third-order valence-corrected chi connectivity index (χ3v) is 5.26. The molecule has 2 saturated heterocycles. The van der Waals surface area contributed by atoms with E-state index in [9.17, 15) is 19.5 Å².